The zero-order valence-corrected chi connectivity index (χ0v) is 11.0. The lowest BCUT2D eigenvalue weighted by Crippen LogP contribution is -2.49. The minimum absolute atomic E-state index is 0.161. The highest BCUT2D eigenvalue weighted by Gasteiger charge is 2.49. The van der Waals surface area contributed by atoms with Crippen LogP contribution in [0.1, 0.15) is 40.0 Å². The van der Waals surface area contributed by atoms with Gasteiger partial charge >= 0.3 is 0 Å². The van der Waals surface area contributed by atoms with Gasteiger partial charge in [0.05, 0.1) is 6.10 Å². The molecule has 1 fully saturated rings. The van der Waals surface area contributed by atoms with Crippen molar-refractivity contribution in [1.82, 2.24) is 0 Å². The van der Waals surface area contributed by atoms with E-state index in [-0.39, 0.29) is 11.2 Å². The topological polar surface area (TPSA) is 37.3 Å². The van der Waals surface area contributed by atoms with E-state index < -0.39 is 6.10 Å². The van der Waals surface area contributed by atoms with Gasteiger partial charge in [-0.2, -0.15) is 0 Å². The molecule has 0 aromatic heterocycles. The second-order valence-electron chi connectivity index (χ2n) is 6.12. The third-order valence-electron chi connectivity index (χ3n) is 4.78. The Morgan fingerprint density at radius 1 is 1.53 bits per heavy atom. The number of carbonyl (C=O) groups is 1. The van der Waals surface area contributed by atoms with Crippen molar-refractivity contribution in [2.45, 2.75) is 46.1 Å². The van der Waals surface area contributed by atoms with E-state index in [1.807, 2.05) is 13.8 Å². The fraction of sp³-hybridized carbons (Fsp3) is 0.667. The maximum Gasteiger partial charge on any atom is 0.156 e. The zero-order valence-electron chi connectivity index (χ0n) is 11.0. The molecule has 0 spiro atoms. The monoisotopic (exact) mass is 234 g/mol. The maximum absolute atomic E-state index is 11.7. The molecule has 2 nitrogen and oxygen atoms in total. The van der Waals surface area contributed by atoms with Crippen molar-refractivity contribution in [2.24, 2.45) is 17.3 Å². The van der Waals surface area contributed by atoms with E-state index in [1.54, 1.807) is 6.08 Å². The summed E-state index contributed by atoms with van der Waals surface area (Å²) in [4.78, 5) is 11.7. The van der Waals surface area contributed by atoms with E-state index in [1.165, 1.54) is 0 Å². The minimum atomic E-state index is -0.393. The summed E-state index contributed by atoms with van der Waals surface area (Å²) in [5, 5.41) is 10.4. The summed E-state index contributed by atoms with van der Waals surface area (Å²) in [5.41, 5.74) is 2.02. The number of allylic oxidation sites excluding steroid dienone is 3. The molecule has 0 heterocycles. The summed E-state index contributed by atoms with van der Waals surface area (Å²) < 4.78 is 0. The lowest BCUT2D eigenvalue weighted by molar-refractivity contribution is -0.125. The van der Waals surface area contributed by atoms with Crippen LogP contribution in [0.2, 0.25) is 0 Å². The molecule has 0 bridgehead atoms. The molecule has 1 saturated carbocycles. The average molecular weight is 234 g/mol. The normalized spacial score (nSPS) is 41.8. The van der Waals surface area contributed by atoms with Crippen LogP contribution in [0.5, 0.6) is 0 Å². The molecule has 1 N–H and O–H groups in total. The van der Waals surface area contributed by atoms with E-state index in [4.69, 9.17) is 0 Å². The predicted octanol–water partition coefficient (Wildman–Crippen LogP) is 2.88. The first kappa shape index (κ1) is 12.6. The molecule has 17 heavy (non-hydrogen) atoms. The molecule has 0 radical (unpaired) electrons. The summed E-state index contributed by atoms with van der Waals surface area (Å²) in [6, 6.07) is 0. The van der Waals surface area contributed by atoms with Gasteiger partial charge in [0, 0.05) is 11.8 Å². The third kappa shape index (κ3) is 1.99. The lowest BCUT2D eigenvalue weighted by atomic mass is 9.56. The molecule has 2 rings (SSSR count). The number of hydrogen-bond donors (Lipinski definition) is 1. The van der Waals surface area contributed by atoms with Crippen molar-refractivity contribution in [1.29, 1.82) is 0 Å². The molecule has 0 aromatic carbocycles. The Morgan fingerprint density at radius 2 is 2.18 bits per heavy atom. The number of aliphatic hydroxyl groups excluding tert-OH is 1. The van der Waals surface area contributed by atoms with Gasteiger partial charge in [-0.15, -0.1) is 0 Å². The van der Waals surface area contributed by atoms with Crippen LogP contribution >= 0.6 is 0 Å². The second kappa shape index (κ2) is 4.09. The van der Waals surface area contributed by atoms with Crippen molar-refractivity contribution >= 4 is 5.78 Å². The standard InChI is InChI=1S/C15H22O2/c1-9(2)11-6-13-10(3)5-12(16)8-15(13,4)14(17)7-11/h5,11,13-14,17H,1,6-8H2,2-4H3/t11-,13-,14+,15-/m1/s1. The van der Waals surface area contributed by atoms with E-state index >= 15 is 0 Å². The number of carbonyl (C=O) groups excluding carboxylic acids is 1. The van der Waals surface area contributed by atoms with E-state index in [9.17, 15) is 9.90 Å². The van der Waals surface area contributed by atoms with Gasteiger partial charge in [-0.3, -0.25) is 4.79 Å². The van der Waals surface area contributed by atoms with Gasteiger partial charge in [-0.25, -0.2) is 0 Å². The highest BCUT2D eigenvalue weighted by molar-refractivity contribution is 5.92. The van der Waals surface area contributed by atoms with Crippen molar-refractivity contribution in [3.63, 3.8) is 0 Å². The van der Waals surface area contributed by atoms with Gasteiger partial charge in [0.2, 0.25) is 0 Å². The first-order valence-electron chi connectivity index (χ1n) is 6.39. The molecule has 0 unspecified atom stereocenters. The van der Waals surface area contributed by atoms with Crippen molar-refractivity contribution in [3.05, 3.63) is 23.8 Å². The molecule has 0 aliphatic heterocycles. The van der Waals surface area contributed by atoms with Crippen LogP contribution in [0.3, 0.4) is 0 Å². The number of hydrogen-bond acceptors (Lipinski definition) is 2. The SMILES string of the molecule is C=C(C)[C@@H]1C[C@@H]2C(C)=CC(=O)C[C@@]2(C)[C@@H](O)C1. The fourth-order valence-corrected chi connectivity index (χ4v) is 3.55. The molecule has 94 valence electrons. The first-order valence-corrected chi connectivity index (χ1v) is 6.39. The molecule has 0 aromatic rings. The predicted molar refractivity (Wildman–Crippen MR) is 68.5 cm³/mol. The van der Waals surface area contributed by atoms with E-state index in [0.717, 1.165) is 24.0 Å². The Bertz CT molecular complexity index is 394. The van der Waals surface area contributed by atoms with Crippen LogP contribution in [-0.4, -0.2) is 17.0 Å². The van der Waals surface area contributed by atoms with Crippen LogP contribution in [0.15, 0.2) is 23.8 Å². The van der Waals surface area contributed by atoms with Gasteiger partial charge in [0.1, 0.15) is 0 Å². The smallest absolute Gasteiger partial charge is 0.156 e. The first-order chi connectivity index (χ1) is 7.84. The summed E-state index contributed by atoms with van der Waals surface area (Å²) in [6.45, 7) is 10.1. The fourth-order valence-electron chi connectivity index (χ4n) is 3.55. The zero-order chi connectivity index (χ0) is 12.8. The van der Waals surface area contributed by atoms with Crippen molar-refractivity contribution < 1.29 is 9.90 Å². The Balaban J connectivity index is 2.35. The van der Waals surface area contributed by atoms with Gasteiger partial charge < -0.3 is 5.11 Å². The van der Waals surface area contributed by atoms with Crippen molar-refractivity contribution in [3.8, 4) is 0 Å². The summed E-state index contributed by atoms with van der Waals surface area (Å²) in [6.07, 6.45) is 3.64. The Kier molecular flexibility index (Phi) is 3.03. The van der Waals surface area contributed by atoms with Gasteiger partial charge in [0.15, 0.2) is 5.78 Å². The number of aliphatic hydroxyl groups is 1. The molecule has 0 amide bonds. The van der Waals surface area contributed by atoms with Crippen LogP contribution in [0.4, 0.5) is 0 Å². The number of ketones is 1. The molecule has 4 atom stereocenters. The Morgan fingerprint density at radius 3 is 2.76 bits per heavy atom. The van der Waals surface area contributed by atoms with Crippen LogP contribution in [0, 0.1) is 17.3 Å². The van der Waals surface area contributed by atoms with E-state index in [2.05, 4.69) is 13.5 Å². The van der Waals surface area contributed by atoms with Crippen LogP contribution in [-0.2, 0) is 4.79 Å². The van der Waals surface area contributed by atoms with Gasteiger partial charge in [-0.05, 0) is 44.6 Å². The largest absolute Gasteiger partial charge is 0.393 e. The quantitative estimate of drug-likeness (QED) is 0.708. The third-order valence-corrected chi connectivity index (χ3v) is 4.78. The molecular formula is C15H22O2. The van der Waals surface area contributed by atoms with Crippen molar-refractivity contribution in [2.75, 3.05) is 0 Å². The number of fused-ring (bicyclic) bond motifs is 1. The Labute approximate surface area is 103 Å². The van der Waals surface area contributed by atoms with Crippen LogP contribution in [0.25, 0.3) is 0 Å². The van der Waals surface area contributed by atoms with Gasteiger partial charge in [0.25, 0.3) is 0 Å². The second-order valence-corrected chi connectivity index (χ2v) is 6.12. The minimum Gasteiger partial charge on any atom is -0.393 e. The van der Waals surface area contributed by atoms with Gasteiger partial charge in [-0.1, -0.05) is 24.6 Å². The molecule has 0 saturated heterocycles. The molecular weight excluding hydrogens is 212 g/mol. The van der Waals surface area contributed by atoms with E-state index in [0.29, 0.717) is 18.3 Å². The Hall–Kier alpha value is -0.890. The number of rotatable bonds is 1. The summed E-state index contributed by atoms with van der Waals surface area (Å²) in [7, 11) is 0. The highest BCUT2D eigenvalue weighted by Crippen LogP contribution is 2.52. The maximum atomic E-state index is 11.7. The molecule has 2 aliphatic carbocycles. The summed E-state index contributed by atoms with van der Waals surface area (Å²) >= 11 is 0. The summed E-state index contributed by atoms with van der Waals surface area (Å²) in [5.74, 6) is 0.874. The van der Waals surface area contributed by atoms with Crippen LogP contribution < -0.4 is 0 Å². The molecule has 2 aliphatic rings. The lowest BCUT2D eigenvalue weighted by Gasteiger charge is -2.50. The average Bonchev–Trinajstić information content (AvgIpc) is 2.19. The molecule has 2 heteroatoms. The highest BCUT2D eigenvalue weighted by atomic mass is 16.3.